The molecule has 0 aromatic heterocycles. The van der Waals surface area contributed by atoms with Gasteiger partial charge in [0.05, 0.1) is 18.4 Å². The molecular formula is C20H20FNO4S. The van der Waals surface area contributed by atoms with Gasteiger partial charge in [-0.05, 0) is 30.7 Å². The first kappa shape index (κ1) is 19.2. The number of esters is 1. The van der Waals surface area contributed by atoms with Gasteiger partial charge in [0.15, 0.2) is 6.61 Å². The molecule has 0 bridgehead atoms. The smallest absolute Gasteiger partial charge is 0.341 e. The van der Waals surface area contributed by atoms with E-state index < -0.39 is 18.4 Å². The number of nitrogens with zero attached hydrogens (tertiary/aromatic N) is 1. The molecule has 0 saturated carbocycles. The van der Waals surface area contributed by atoms with Crippen LogP contribution in [0.5, 0.6) is 5.75 Å². The van der Waals surface area contributed by atoms with Crippen molar-refractivity contribution in [2.45, 2.75) is 23.5 Å². The van der Waals surface area contributed by atoms with Crippen LogP contribution in [0.15, 0.2) is 47.4 Å². The number of carbonyl (C=O) groups is 2. The van der Waals surface area contributed by atoms with Crippen LogP contribution in [0.4, 0.5) is 10.1 Å². The Morgan fingerprint density at radius 2 is 2.04 bits per heavy atom. The lowest BCUT2D eigenvalue weighted by Crippen LogP contribution is -2.35. The predicted molar refractivity (Wildman–Crippen MR) is 102 cm³/mol. The largest absolute Gasteiger partial charge is 0.497 e. The van der Waals surface area contributed by atoms with Crippen molar-refractivity contribution in [3.8, 4) is 5.75 Å². The highest BCUT2D eigenvalue weighted by Crippen LogP contribution is 2.37. The van der Waals surface area contributed by atoms with Gasteiger partial charge in [-0.2, -0.15) is 0 Å². The van der Waals surface area contributed by atoms with Gasteiger partial charge in [-0.25, -0.2) is 9.18 Å². The molecule has 1 atom stereocenters. The van der Waals surface area contributed by atoms with Gasteiger partial charge in [-0.15, -0.1) is 11.8 Å². The topological polar surface area (TPSA) is 55.8 Å². The molecule has 0 fully saturated rings. The summed E-state index contributed by atoms with van der Waals surface area (Å²) in [6.45, 7) is 2.21. The van der Waals surface area contributed by atoms with E-state index in [1.54, 1.807) is 16.7 Å². The molecule has 142 valence electrons. The molecule has 0 N–H and O–H groups in total. The van der Waals surface area contributed by atoms with Crippen molar-refractivity contribution in [2.75, 3.05) is 25.2 Å². The van der Waals surface area contributed by atoms with Crippen molar-refractivity contribution >= 4 is 29.3 Å². The fraction of sp³-hybridized carbons (Fsp3) is 0.300. The summed E-state index contributed by atoms with van der Waals surface area (Å²) in [4.78, 5) is 27.5. The summed E-state index contributed by atoms with van der Waals surface area (Å²) in [7, 11) is 1.41. The molecule has 1 amide bonds. The predicted octanol–water partition coefficient (Wildman–Crippen LogP) is 3.91. The number of amides is 1. The van der Waals surface area contributed by atoms with Crippen LogP contribution in [0.3, 0.4) is 0 Å². The van der Waals surface area contributed by atoms with E-state index in [1.807, 2.05) is 24.3 Å². The second-order valence-electron chi connectivity index (χ2n) is 6.15. The van der Waals surface area contributed by atoms with Gasteiger partial charge < -0.3 is 14.4 Å². The first-order valence-corrected chi connectivity index (χ1v) is 9.44. The standard InChI is InChI=1S/C20H20FNO4S/c1-13-9-10-22(17-5-3-4-6-18(17)27-13)19(23)12-26-20(24)15-8-7-14(25-2)11-16(15)21/h3-8,11,13H,9-10,12H2,1-2H3/t13-/m0/s1. The van der Waals surface area contributed by atoms with Crippen molar-refractivity contribution in [3.05, 3.63) is 53.8 Å². The maximum atomic E-state index is 14.0. The first-order chi connectivity index (χ1) is 13.0. The van der Waals surface area contributed by atoms with E-state index in [0.717, 1.165) is 23.1 Å². The maximum absolute atomic E-state index is 14.0. The Hall–Kier alpha value is -2.54. The summed E-state index contributed by atoms with van der Waals surface area (Å²) >= 11 is 1.72. The average molecular weight is 389 g/mol. The number of thioether (sulfide) groups is 1. The fourth-order valence-corrected chi connectivity index (χ4v) is 3.93. The van der Waals surface area contributed by atoms with E-state index in [4.69, 9.17) is 9.47 Å². The lowest BCUT2D eigenvalue weighted by molar-refractivity contribution is -0.121. The molecule has 2 aromatic carbocycles. The van der Waals surface area contributed by atoms with Crippen LogP contribution >= 0.6 is 11.8 Å². The van der Waals surface area contributed by atoms with Crippen molar-refractivity contribution in [3.63, 3.8) is 0 Å². The molecule has 5 nitrogen and oxygen atoms in total. The molecule has 0 spiro atoms. The van der Waals surface area contributed by atoms with E-state index in [9.17, 15) is 14.0 Å². The van der Waals surface area contributed by atoms with E-state index in [1.165, 1.54) is 19.2 Å². The van der Waals surface area contributed by atoms with Gasteiger partial charge in [-0.3, -0.25) is 4.79 Å². The average Bonchev–Trinajstić information content (AvgIpc) is 2.83. The summed E-state index contributed by atoms with van der Waals surface area (Å²) in [5.41, 5.74) is 0.576. The third-order valence-corrected chi connectivity index (χ3v) is 5.50. The van der Waals surface area contributed by atoms with E-state index in [0.29, 0.717) is 17.5 Å². The number of fused-ring (bicyclic) bond motifs is 1. The molecule has 27 heavy (non-hydrogen) atoms. The Balaban J connectivity index is 1.70. The van der Waals surface area contributed by atoms with Gasteiger partial charge >= 0.3 is 5.97 Å². The van der Waals surface area contributed by atoms with Crippen LogP contribution in [0.1, 0.15) is 23.7 Å². The molecule has 0 saturated heterocycles. The molecule has 1 heterocycles. The summed E-state index contributed by atoms with van der Waals surface area (Å²) < 4.78 is 24.0. The van der Waals surface area contributed by atoms with Crippen LogP contribution in [0.25, 0.3) is 0 Å². The van der Waals surface area contributed by atoms with Gasteiger partial charge in [0.2, 0.25) is 0 Å². The quantitative estimate of drug-likeness (QED) is 0.742. The number of benzene rings is 2. The monoisotopic (exact) mass is 389 g/mol. The van der Waals surface area contributed by atoms with E-state index in [2.05, 4.69) is 6.92 Å². The molecule has 0 aliphatic carbocycles. The zero-order valence-corrected chi connectivity index (χ0v) is 15.9. The molecular weight excluding hydrogens is 369 g/mol. The van der Waals surface area contributed by atoms with Crippen molar-refractivity contribution in [1.82, 2.24) is 0 Å². The number of halogens is 1. The number of carbonyl (C=O) groups excluding carboxylic acids is 2. The highest BCUT2D eigenvalue weighted by Gasteiger charge is 2.25. The molecule has 2 aromatic rings. The molecule has 1 aliphatic rings. The van der Waals surface area contributed by atoms with Crippen molar-refractivity contribution in [2.24, 2.45) is 0 Å². The number of hydrogen-bond acceptors (Lipinski definition) is 5. The highest BCUT2D eigenvalue weighted by molar-refractivity contribution is 8.00. The lowest BCUT2D eigenvalue weighted by Gasteiger charge is -2.22. The molecule has 0 radical (unpaired) electrons. The van der Waals surface area contributed by atoms with Crippen molar-refractivity contribution < 1.29 is 23.5 Å². The maximum Gasteiger partial charge on any atom is 0.341 e. The fourth-order valence-electron chi connectivity index (χ4n) is 2.82. The number of anilines is 1. The Morgan fingerprint density at radius 3 is 2.78 bits per heavy atom. The second kappa shape index (κ2) is 8.43. The van der Waals surface area contributed by atoms with Crippen molar-refractivity contribution in [1.29, 1.82) is 0 Å². The summed E-state index contributed by atoms with van der Waals surface area (Å²) in [6.07, 6.45) is 0.826. The zero-order chi connectivity index (χ0) is 19.4. The van der Waals surface area contributed by atoms with Crippen LogP contribution in [0.2, 0.25) is 0 Å². The van der Waals surface area contributed by atoms with Gasteiger partial charge in [0.25, 0.3) is 5.91 Å². The molecule has 0 unspecified atom stereocenters. The Kier molecular flexibility index (Phi) is 6.01. The summed E-state index contributed by atoms with van der Waals surface area (Å²) in [6, 6.07) is 11.5. The van der Waals surface area contributed by atoms with Crippen LogP contribution < -0.4 is 9.64 Å². The first-order valence-electron chi connectivity index (χ1n) is 8.56. The molecule has 7 heteroatoms. The normalized spacial score (nSPS) is 16.3. The number of rotatable bonds is 4. The van der Waals surface area contributed by atoms with Crippen LogP contribution in [0, 0.1) is 5.82 Å². The summed E-state index contributed by atoms with van der Waals surface area (Å²) in [5.74, 6) is -1.67. The minimum absolute atomic E-state index is 0.232. The van der Waals surface area contributed by atoms with Crippen LogP contribution in [-0.2, 0) is 9.53 Å². The third kappa shape index (κ3) is 4.42. The number of para-hydroxylation sites is 1. The Morgan fingerprint density at radius 1 is 1.26 bits per heavy atom. The number of hydrogen-bond donors (Lipinski definition) is 0. The highest BCUT2D eigenvalue weighted by atomic mass is 32.2. The lowest BCUT2D eigenvalue weighted by atomic mass is 10.2. The third-order valence-electron chi connectivity index (χ3n) is 4.27. The number of ether oxygens (including phenoxy) is 2. The van der Waals surface area contributed by atoms with Gasteiger partial charge in [0, 0.05) is 22.8 Å². The van der Waals surface area contributed by atoms with Gasteiger partial charge in [-0.1, -0.05) is 19.1 Å². The Labute approximate surface area is 161 Å². The molecule has 3 rings (SSSR count). The summed E-state index contributed by atoms with van der Waals surface area (Å²) in [5, 5.41) is 0.375. The van der Waals surface area contributed by atoms with E-state index >= 15 is 0 Å². The number of methoxy groups -OCH3 is 1. The van der Waals surface area contributed by atoms with Crippen LogP contribution in [-0.4, -0.2) is 37.4 Å². The minimum atomic E-state index is -0.880. The molecule has 1 aliphatic heterocycles. The SMILES string of the molecule is COc1ccc(C(=O)OCC(=O)N2CC[C@H](C)Sc3ccccc32)c(F)c1. The van der Waals surface area contributed by atoms with Gasteiger partial charge in [0.1, 0.15) is 11.6 Å². The zero-order valence-electron chi connectivity index (χ0n) is 15.1. The Bertz CT molecular complexity index is 858. The van der Waals surface area contributed by atoms with E-state index in [-0.39, 0.29) is 11.5 Å². The minimum Gasteiger partial charge on any atom is -0.497 e. The second-order valence-corrected chi connectivity index (χ2v) is 7.63.